The number of hydrogen-bond acceptors (Lipinski definition) is 5. The average Bonchev–Trinajstić information content (AvgIpc) is 3.15. The molecule has 1 saturated carbocycles. The smallest absolute Gasteiger partial charge is 0.223 e. The Morgan fingerprint density at radius 2 is 1.83 bits per heavy atom. The van der Waals surface area contributed by atoms with Crippen LogP contribution in [0.1, 0.15) is 38.2 Å². The lowest BCUT2D eigenvalue weighted by molar-refractivity contribution is 0.360. The molecule has 0 spiro atoms. The maximum atomic E-state index is 4.82. The molecule has 0 amide bonds. The van der Waals surface area contributed by atoms with E-state index in [1.165, 1.54) is 31.2 Å². The van der Waals surface area contributed by atoms with E-state index in [4.69, 9.17) is 4.98 Å². The van der Waals surface area contributed by atoms with Gasteiger partial charge in [-0.2, -0.15) is 5.10 Å². The van der Waals surface area contributed by atoms with E-state index in [-0.39, 0.29) is 0 Å². The number of anilines is 2. The molecule has 29 heavy (non-hydrogen) atoms. The first-order chi connectivity index (χ1) is 14.1. The Kier molecular flexibility index (Phi) is 5.79. The maximum Gasteiger partial charge on any atom is 0.223 e. The van der Waals surface area contributed by atoms with Crippen molar-refractivity contribution in [3.8, 4) is 11.3 Å². The minimum atomic E-state index is 0.468. The van der Waals surface area contributed by atoms with Crippen molar-refractivity contribution in [3.05, 3.63) is 54.4 Å². The summed E-state index contributed by atoms with van der Waals surface area (Å²) in [5.41, 5.74) is 3.14. The average molecular weight is 391 g/mol. The van der Waals surface area contributed by atoms with Gasteiger partial charge in [0, 0.05) is 26.3 Å². The molecule has 0 saturated heterocycles. The molecule has 2 aromatic heterocycles. The number of nitrogens with zero attached hydrogens (tertiary/aromatic N) is 5. The lowest BCUT2D eigenvalue weighted by Gasteiger charge is -2.26. The van der Waals surface area contributed by atoms with Crippen LogP contribution in [0.15, 0.2) is 48.8 Å². The Morgan fingerprint density at radius 1 is 1.07 bits per heavy atom. The van der Waals surface area contributed by atoms with E-state index in [1.54, 1.807) is 0 Å². The van der Waals surface area contributed by atoms with Gasteiger partial charge in [0.05, 0.1) is 24.0 Å². The first-order valence-electron chi connectivity index (χ1n) is 10.5. The van der Waals surface area contributed by atoms with Crippen LogP contribution in [0.25, 0.3) is 11.3 Å². The molecular weight excluding hydrogens is 360 g/mol. The zero-order chi connectivity index (χ0) is 20.2. The summed E-state index contributed by atoms with van der Waals surface area (Å²) in [7, 11) is 4.09. The summed E-state index contributed by atoms with van der Waals surface area (Å²) in [6.45, 7) is 3.06. The minimum Gasteiger partial charge on any atom is -0.362 e. The Labute approximate surface area is 173 Å². The molecule has 1 N–H and O–H groups in total. The molecule has 2 heterocycles. The highest BCUT2D eigenvalue weighted by Gasteiger charge is 2.20. The predicted octanol–water partition coefficient (Wildman–Crippen LogP) is 4.45. The van der Waals surface area contributed by atoms with Crippen LogP contribution >= 0.6 is 0 Å². The maximum absolute atomic E-state index is 4.82. The molecule has 3 aromatic rings. The second-order valence-corrected chi connectivity index (χ2v) is 8.29. The Balaban J connectivity index is 1.58. The third-order valence-electron chi connectivity index (χ3n) is 5.69. The SMILES string of the molecule is CN(C)c1c(-c2ccnc(N[C@H]3CC[C@H](C)CC3)n2)cnn1Cc1ccccc1. The van der Waals surface area contributed by atoms with Gasteiger partial charge in [0.2, 0.25) is 5.95 Å². The van der Waals surface area contributed by atoms with Gasteiger partial charge in [-0.1, -0.05) is 37.3 Å². The molecule has 1 aromatic carbocycles. The first kappa shape index (κ1) is 19.4. The Hall–Kier alpha value is -2.89. The first-order valence-corrected chi connectivity index (χ1v) is 10.5. The van der Waals surface area contributed by atoms with Crippen LogP contribution in [0.5, 0.6) is 0 Å². The fraction of sp³-hybridized carbons (Fsp3) is 0.435. The standard InChI is InChI=1S/C23H30N6/c1-17-9-11-19(12-10-17)26-23-24-14-13-21(27-23)20-15-25-29(22(20)28(2)3)16-18-7-5-4-6-8-18/h4-8,13-15,17,19H,9-12,16H2,1-3H3,(H,24,26,27)/t17-,19-. The lowest BCUT2D eigenvalue weighted by atomic mass is 9.87. The lowest BCUT2D eigenvalue weighted by Crippen LogP contribution is -2.26. The van der Waals surface area contributed by atoms with Crippen molar-refractivity contribution < 1.29 is 0 Å². The fourth-order valence-electron chi connectivity index (χ4n) is 4.07. The van der Waals surface area contributed by atoms with Gasteiger partial charge in [-0.05, 0) is 43.2 Å². The monoisotopic (exact) mass is 390 g/mol. The molecule has 0 radical (unpaired) electrons. The van der Waals surface area contributed by atoms with Crippen molar-refractivity contribution in [1.82, 2.24) is 19.7 Å². The van der Waals surface area contributed by atoms with Gasteiger partial charge in [-0.3, -0.25) is 0 Å². The van der Waals surface area contributed by atoms with Gasteiger partial charge in [0.15, 0.2) is 0 Å². The molecule has 6 heteroatoms. The van der Waals surface area contributed by atoms with Crippen molar-refractivity contribution in [2.24, 2.45) is 5.92 Å². The number of aromatic nitrogens is 4. The molecule has 1 aliphatic carbocycles. The number of hydrogen-bond donors (Lipinski definition) is 1. The van der Waals surface area contributed by atoms with Gasteiger partial charge in [-0.15, -0.1) is 0 Å². The highest BCUT2D eigenvalue weighted by atomic mass is 15.4. The topological polar surface area (TPSA) is 58.9 Å². The van der Waals surface area contributed by atoms with Crippen LogP contribution in [0.3, 0.4) is 0 Å². The predicted molar refractivity (Wildman–Crippen MR) is 118 cm³/mol. The van der Waals surface area contributed by atoms with Crippen molar-refractivity contribution >= 4 is 11.8 Å². The second kappa shape index (κ2) is 8.64. The summed E-state index contributed by atoms with van der Waals surface area (Å²) < 4.78 is 2.03. The van der Waals surface area contributed by atoms with Crippen LogP contribution in [-0.4, -0.2) is 39.9 Å². The molecule has 1 fully saturated rings. The number of benzene rings is 1. The summed E-state index contributed by atoms with van der Waals surface area (Å²) in [5.74, 6) is 2.59. The van der Waals surface area contributed by atoms with Gasteiger partial charge in [0.1, 0.15) is 5.82 Å². The molecule has 6 nitrogen and oxygen atoms in total. The molecule has 152 valence electrons. The molecule has 0 aliphatic heterocycles. The number of rotatable bonds is 6. The van der Waals surface area contributed by atoms with E-state index >= 15 is 0 Å². The van der Waals surface area contributed by atoms with Crippen LogP contribution in [0.2, 0.25) is 0 Å². The summed E-state index contributed by atoms with van der Waals surface area (Å²) in [5, 5.41) is 8.20. The Bertz CT molecular complexity index is 926. The normalized spacial score (nSPS) is 19.1. The molecule has 1 aliphatic rings. The van der Waals surface area contributed by atoms with Crippen molar-refractivity contribution in [2.75, 3.05) is 24.3 Å². The van der Waals surface area contributed by atoms with Gasteiger partial charge in [-0.25, -0.2) is 14.6 Å². The highest BCUT2D eigenvalue weighted by molar-refractivity contribution is 5.73. The third-order valence-corrected chi connectivity index (χ3v) is 5.69. The highest BCUT2D eigenvalue weighted by Crippen LogP contribution is 2.30. The van der Waals surface area contributed by atoms with E-state index in [2.05, 4.69) is 51.5 Å². The van der Waals surface area contributed by atoms with Gasteiger partial charge >= 0.3 is 0 Å². The fourth-order valence-corrected chi connectivity index (χ4v) is 4.07. The van der Waals surface area contributed by atoms with Crippen molar-refractivity contribution in [2.45, 2.75) is 45.2 Å². The zero-order valence-corrected chi connectivity index (χ0v) is 17.5. The van der Waals surface area contributed by atoms with E-state index in [9.17, 15) is 0 Å². The van der Waals surface area contributed by atoms with Crippen molar-refractivity contribution in [3.63, 3.8) is 0 Å². The molecule has 0 atom stereocenters. The van der Waals surface area contributed by atoms with E-state index < -0.39 is 0 Å². The summed E-state index contributed by atoms with van der Waals surface area (Å²) in [6.07, 6.45) is 8.67. The molecular formula is C23H30N6. The van der Waals surface area contributed by atoms with Crippen molar-refractivity contribution in [1.29, 1.82) is 0 Å². The third kappa shape index (κ3) is 4.58. The second-order valence-electron chi connectivity index (χ2n) is 8.29. The quantitative estimate of drug-likeness (QED) is 0.674. The summed E-state index contributed by atoms with van der Waals surface area (Å²) in [6, 6.07) is 12.8. The van der Waals surface area contributed by atoms with Crippen LogP contribution in [-0.2, 0) is 6.54 Å². The number of nitrogens with one attached hydrogen (secondary N) is 1. The van der Waals surface area contributed by atoms with Crippen LogP contribution < -0.4 is 10.2 Å². The van der Waals surface area contributed by atoms with Gasteiger partial charge < -0.3 is 10.2 Å². The summed E-state index contributed by atoms with van der Waals surface area (Å²) >= 11 is 0. The van der Waals surface area contributed by atoms with Crippen LogP contribution in [0, 0.1) is 5.92 Å². The van der Waals surface area contributed by atoms with Crippen LogP contribution in [0.4, 0.5) is 11.8 Å². The van der Waals surface area contributed by atoms with E-state index in [1.807, 2.05) is 43.3 Å². The Morgan fingerprint density at radius 3 is 2.55 bits per heavy atom. The van der Waals surface area contributed by atoms with E-state index in [0.29, 0.717) is 12.0 Å². The zero-order valence-electron chi connectivity index (χ0n) is 17.5. The largest absolute Gasteiger partial charge is 0.362 e. The molecule has 4 rings (SSSR count). The van der Waals surface area contributed by atoms with Gasteiger partial charge in [0.25, 0.3) is 0 Å². The molecule has 0 unspecified atom stereocenters. The van der Waals surface area contributed by atoms with E-state index in [0.717, 1.165) is 29.5 Å². The summed E-state index contributed by atoms with van der Waals surface area (Å²) in [4.78, 5) is 11.4. The minimum absolute atomic E-state index is 0.468. The molecule has 0 bridgehead atoms.